The minimum atomic E-state index is -0.397. The minimum Gasteiger partial charge on any atom is -0.354 e. The van der Waals surface area contributed by atoms with Gasteiger partial charge in [0.1, 0.15) is 5.82 Å². The first-order chi connectivity index (χ1) is 12.6. The van der Waals surface area contributed by atoms with Gasteiger partial charge in [0.05, 0.1) is 16.2 Å². The third-order valence-electron chi connectivity index (χ3n) is 3.78. The molecule has 3 aromatic rings. The van der Waals surface area contributed by atoms with Gasteiger partial charge in [-0.1, -0.05) is 6.07 Å². The lowest BCUT2D eigenvalue weighted by molar-refractivity contribution is -0.385. The Morgan fingerprint density at radius 3 is 2.73 bits per heavy atom. The van der Waals surface area contributed by atoms with Crippen LogP contribution in [0.4, 0.5) is 23.1 Å². The lowest BCUT2D eigenvalue weighted by Crippen LogP contribution is -2.06. The first-order valence-corrected chi connectivity index (χ1v) is 8.13. The molecule has 2 N–H and O–H groups in total. The molecule has 8 nitrogen and oxygen atoms in total. The van der Waals surface area contributed by atoms with Crippen molar-refractivity contribution in [2.45, 2.75) is 13.8 Å². The van der Waals surface area contributed by atoms with Gasteiger partial charge in [-0.15, -0.1) is 0 Å². The van der Waals surface area contributed by atoms with Crippen molar-refractivity contribution in [2.75, 3.05) is 17.2 Å². The molecule has 0 unspecified atom stereocenters. The van der Waals surface area contributed by atoms with Crippen molar-refractivity contribution in [3.63, 3.8) is 0 Å². The molecular weight excluding hydrogens is 332 g/mol. The van der Waals surface area contributed by atoms with Crippen LogP contribution in [0.5, 0.6) is 0 Å². The zero-order valence-corrected chi connectivity index (χ0v) is 14.4. The summed E-state index contributed by atoms with van der Waals surface area (Å²) in [7, 11) is 0. The van der Waals surface area contributed by atoms with Crippen LogP contribution >= 0.6 is 0 Å². The molecule has 2 aromatic heterocycles. The molecule has 1 aromatic carbocycles. The van der Waals surface area contributed by atoms with E-state index in [2.05, 4.69) is 25.6 Å². The van der Waals surface area contributed by atoms with Crippen molar-refractivity contribution < 1.29 is 4.92 Å². The van der Waals surface area contributed by atoms with E-state index in [9.17, 15) is 10.1 Å². The van der Waals surface area contributed by atoms with Crippen molar-refractivity contribution in [2.24, 2.45) is 0 Å². The number of hydrogen-bond acceptors (Lipinski definition) is 7. The summed E-state index contributed by atoms with van der Waals surface area (Å²) in [6, 6.07) is 10.4. The van der Waals surface area contributed by atoms with Crippen molar-refractivity contribution in [1.82, 2.24) is 15.0 Å². The highest BCUT2D eigenvalue weighted by Crippen LogP contribution is 2.29. The van der Waals surface area contributed by atoms with Crippen LogP contribution in [0.15, 0.2) is 48.8 Å². The Morgan fingerprint density at radius 1 is 1.19 bits per heavy atom. The Kier molecular flexibility index (Phi) is 5.02. The number of nitrogens with one attached hydrogen (secondary N) is 2. The summed E-state index contributed by atoms with van der Waals surface area (Å²) in [6.07, 6.45) is 3.42. The summed E-state index contributed by atoms with van der Waals surface area (Å²) in [4.78, 5) is 23.8. The third-order valence-corrected chi connectivity index (χ3v) is 3.78. The van der Waals surface area contributed by atoms with Gasteiger partial charge in [-0.2, -0.15) is 4.98 Å². The second-order valence-corrected chi connectivity index (χ2v) is 5.57. The molecule has 0 aliphatic heterocycles. The van der Waals surface area contributed by atoms with Gasteiger partial charge in [0.15, 0.2) is 0 Å². The lowest BCUT2D eigenvalue weighted by atomic mass is 10.1. The molecule has 0 atom stereocenters. The number of pyridine rings is 1. The summed E-state index contributed by atoms with van der Waals surface area (Å²) in [6.45, 7) is 4.33. The van der Waals surface area contributed by atoms with E-state index in [1.54, 1.807) is 37.5 Å². The molecule has 0 fully saturated rings. The third kappa shape index (κ3) is 3.75. The topological polar surface area (TPSA) is 106 Å². The van der Waals surface area contributed by atoms with Crippen LogP contribution < -0.4 is 10.6 Å². The quantitative estimate of drug-likeness (QED) is 0.512. The zero-order valence-electron chi connectivity index (χ0n) is 14.4. The molecule has 3 rings (SSSR count). The predicted molar refractivity (Wildman–Crippen MR) is 101 cm³/mol. The van der Waals surface area contributed by atoms with Gasteiger partial charge >= 0.3 is 0 Å². The highest BCUT2D eigenvalue weighted by atomic mass is 16.6. The van der Waals surface area contributed by atoms with E-state index in [1.165, 1.54) is 6.07 Å². The number of anilines is 3. The smallest absolute Gasteiger partial charge is 0.274 e. The number of rotatable bonds is 6. The number of hydrogen-bond donors (Lipinski definition) is 2. The maximum Gasteiger partial charge on any atom is 0.274 e. The highest BCUT2D eigenvalue weighted by molar-refractivity contribution is 5.70. The van der Waals surface area contributed by atoms with Gasteiger partial charge < -0.3 is 10.6 Å². The Morgan fingerprint density at radius 2 is 2.04 bits per heavy atom. The second-order valence-electron chi connectivity index (χ2n) is 5.57. The van der Waals surface area contributed by atoms with Gasteiger partial charge in [-0.3, -0.25) is 15.1 Å². The van der Waals surface area contributed by atoms with E-state index in [4.69, 9.17) is 0 Å². The monoisotopic (exact) mass is 350 g/mol. The molecule has 132 valence electrons. The zero-order chi connectivity index (χ0) is 18.5. The SMILES string of the molecule is CCNc1nc(Nc2cccc([N+](=O)[O-])c2C)cc(-c2cccnc2)n1. The van der Waals surface area contributed by atoms with Crippen molar-refractivity contribution in [3.8, 4) is 11.3 Å². The molecule has 0 aliphatic carbocycles. The van der Waals surface area contributed by atoms with Gasteiger partial charge in [0, 0.05) is 42.3 Å². The summed E-state index contributed by atoms with van der Waals surface area (Å²) in [5.74, 6) is 1.01. The summed E-state index contributed by atoms with van der Waals surface area (Å²) >= 11 is 0. The Hall–Kier alpha value is -3.55. The number of aromatic nitrogens is 3. The van der Waals surface area contributed by atoms with Crippen molar-refractivity contribution >= 4 is 23.1 Å². The first kappa shape index (κ1) is 17.3. The van der Waals surface area contributed by atoms with Crippen molar-refractivity contribution in [1.29, 1.82) is 0 Å². The van der Waals surface area contributed by atoms with E-state index >= 15 is 0 Å². The van der Waals surface area contributed by atoms with E-state index in [1.807, 2.05) is 19.1 Å². The van der Waals surface area contributed by atoms with Gasteiger partial charge in [0.2, 0.25) is 5.95 Å². The molecule has 0 spiro atoms. The van der Waals surface area contributed by atoms with E-state index in [0.717, 1.165) is 5.56 Å². The molecule has 0 saturated carbocycles. The average molecular weight is 350 g/mol. The predicted octanol–water partition coefficient (Wildman–Crippen LogP) is 3.93. The molecule has 2 heterocycles. The minimum absolute atomic E-state index is 0.0587. The molecule has 26 heavy (non-hydrogen) atoms. The maximum atomic E-state index is 11.1. The maximum absolute atomic E-state index is 11.1. The summed E-state index contributed by atoms with van der Waals surface area (Å²) in [5.41, 5.74) is 2.78. The Labute approximate surface area is 150 Å². The molecule has 0 amide bonds. The normalized spacial score (nSPS) is 10.4. The average Bonchev–Trinajstić information content (AvgIpc) is 2.64. The molecule has 0 saturated heterocycles. The van der Waals surface area contributed by atoms with Crippen LogP contribution in [0.3, 0.4) is 0 Å². The Bertz CT molecular complexity index is 930. The van der Waals surface area contributed by atoms with Crippen LogP contribution in [-0.4, -0.2) is 26.4 Å². The van der Waals surface area contributed by atoms with Crippen LogP contribution in [0.25, 0.3) is 11.3 Å². The lowest BCUT2D eigenvalue weighted by Gasteiger charge is -2.12. The largest absolute Gasteiger partial charge is 0.354 e. The fourth-order valence-corrected chi connectivity index (χ4v) is 2.51. The number of nitrogens with zero attached hydrogens (tertiary/aromatic N) is 4. The van der Waals surface area contributed by atoms with E-state index < -0.39 is 4.92 Å². The number of benzene rings is 1. The second kappa shape index (κ2) is 7.56. The molecule has 0 aliphatic rings. The van der Waals surface area contributed by atoms with Gasteiger partial charge in [0.25, 0.3) is 5.69 Å². The highest BCUT2D eigenvalue weighted by Gasteiger charge is 2.14. The standard InChI is InChI=1S/C18H18N6O2/c1-3-20-18-22-15(13-6-5-9-19-11-13)10-17(23-18)21-14-7-4-8-16(12(14)2)24(25)26/h4-11H,3H2,1-2H3,(H2,20,21,22,23). The fraction of sp³-hybridized carbons (Fsp3) is 0.167. The Balaban J connectivity index is 2.01. The van der Waals surface area contributed by atoms with Crippen LogP contribution in [-0.2, 0) is 0 Å². The van der Waals surface area contributed by atoms with E-state index in [-0.39, 0.29) is 5.69 Å². The fourth-order valence-electron chi connectivity index (χ4n) is 2.51. The number of nitro groups is 1. The van der Waals surface area contributed by atoms with Gasteiger partial charge in [-0.05, 0) is 32.0 Å². The first-order valence-electron chi connectivity index (χ1n) is 8.13. The van der Waals surface area contributed by atoms with Gasteiger partial charge in [-0.25, -0.2) is 4.98 Å². The molecule has 0 radical (unpaired) electrons. The van der Waals surface area contributed by atoms with E-state index in [0.29, 0.717) is 35.3 Å². The molecule has 0 bridgehead atoms. The van der Waals surface area contributed by atoms with Crippen LogP contribution in [0.2, 0.25) is 0 Å². The summed E-state index contributed by atoms with van der Waals surface area (Å²) < 4.78 is 0. The molecular formula is C18H18N6O2. The van der Waals surface area contributed by atoms with Crippen molar-refractivity contribution in [3.05, 3.63) is 64.5 Å². The summed E-state index contributed by atoms with van der Waals surface area (Å²) in [5, 5.41) is 17.4. The molecule has 8 heteroatoms. The van der Waals surface area contributed by atoms with Crippen LogP contribution in [0.1, 0.15) is 12.5 Å². The van der Waals surface area contributed by atoms with Crippen LogP contribution in [0, 0.1) is 17.0 Å². The number of nitro benzene ring substituents is 1.